The number of benzene rings is 1. The average Bonchev–Trinajstić information content (AvgIpc) is 3.04. The van der Waals surface area contributed by atoms with Crippen LogP contribution in [0, 0.1) is 5.82 Å². The summed E-state index contributed by atoms with van der Waals surface area (Å²) in [5.74, 6) is 0.923. The van der Waals surface area contributed by atoms with Gasteiger partial charge in [0.2, 0.25) is 0 Å². The van der Waals surface area contributed by atoms with Crippen molar-refractivity contribution in [2.45, 2.75) is 19.4 Å². The van der Waals surface area contributed by atoms with Crippen molar-refractivity contribution >= 4 is 33.8 Å². The molecule has 2 aromatic heterocycles. The SMILES string of the molecule is CNC(C)Cc1noc(-c2cc3cc(F)ccc3s2)n1.Cl. The van der Waals surface area contributed by atoms with Crippen LogP contribution in [0.2, 0.25) is 0 Å². The molecule has 0 spiro atoms. The molecule has 0 saturated heterocycles. The summed E-state index contributed by atoms with van der Waals surface area (Å²) >= 11 is 1.52. The van der Waals surface area contributed by atoms with E-state index < -0.39 is 0 Å². The highest BCUT2D eigenvalue weighted by Gasteiger charge is 2.13. The minimum absolute atomic E-state index is 0. The first-order valence-electron chi connectivity index (χ1n) is 6.35. The van der Waals surface area contributed by atoms with Gasteiger partial charge in [0.1, 0.15) is 5.82 Å². The molecule has 3 aromatic rings. The van der Waals surface area contributed by atoms with Crippen LogP contribution in [0.3, 0.4) is 0 Å². The number of nitrogens with zero attached hydrogens (tertiary/aromatic N) is 2. The van der Waals surface area contributed by atoms with E-state index in [1.54, 1.807) is 6.07 Å². The zero-order chi connectivity index (χ0) is 14.1. The van der Waals surface area contributed by atoms with Gasteiger partial charge in [-0.3, -0.25) is 0 Å². The van der Waals surface area contributed by atoms with E-state index in [9.17, 15) is 4.39 Å². The summed E-state index contributed by atoms with van der Waals surface area (Å²) < 4.78 is 19.5. The lowest BCUT2D eigenvalue weighted by Crippen LogP contribution is -2.24. The highest BCUT2D eigenvalue weighted by atomic mass is 35.5. The standard InChI is InChI=1S/C14H14FN3OS.ClH/c1-8(16-2)5-13-17-14(19-18-13)12-7-9-6-10(15)3-4-11(9)20-12;/h3-4,6-8,16H,5H2,1-2H3;1H. The number of aromatic nitrogens is 2. The minimum atomic E-state index is -0.240. The van der Waals surface area contributed by atoms with Gasteiger partial charge in [-0.2, -0.15) is 4.98 Å². The molecular formula is C14H15ClFN3OS. The fourth-order valence-electron chi connectivity index (χ4n) is 1.93. The topological polar surface area (TPSA) is 51.0 Å². The van der Waals surface area contributed by atoms with Crippen LogP contribution in [0.15, 0.2) is 28.8 Å². The summed E-state index contributed by atoms with van der Waals surface area (Å²) in [6.45, 7) is 2.05. The van der Waals surface area contributed by atoms with Crippen molar-refractivity contribution in [3.05, 3.63) is 35.9 Å². The van der Waals surface area contributed by atoms with Gasteiger partial charge >= 0.3 is 0 Å². The lowest BCUT2D eigenvalue weighted by atomic mass is 10.2. The van der Waals surface area contributed by atoms with Crippen LogP contribution in [-0.2, 0) is 6.42 Å². The maximum Gasteiger partial charge on any atom is 0.268 e. The fourth-order valence-corrected chi connectivity index (χ4v) is 2.90. The Morgan fingerprint density at radius 1 is 1.38 bits per heavy atom. The first-order valence-corrected chi connectivity index (χ1v) is 7.16. The fraction of sp³-hybridized carbons (Fsp3) is 0.286. The zero-order valence-electron chi connectivity index (χ0n) is 11.6. The Morgan fingerprint density at radius 3 is 2.95 bits per heavy atom. The third-order valence-electron chi connectivity index (χ3n) is 3.14. The minimum Gasteiger partial charge on any atom is -0.333 e. The predicted octanol–water partition coefficient (Wildman–Crippen LogP) is 3.66. The van der Waals surface area contributed by atoms with Crippen LogP contribution in [0.4, 0.5) is 4.39 Å². The summed E-state index contributed by atoms with van der Waals surface area (Å²) in [7, 11) is 1.90. The molecule has 2 heterocycles. The molecule has 0 amide bonds. The molecule has 1 aromatic carbocycles. The number of halogens is 2. The number of thiophene rings is 1. The van der Waals surface area contributed by atoms with Gasteiger partial charge in [0.05, 0.1) is 4.88 Å². The number of hydrogen-bond donors (Lipinski definition) is 1. The molecule has 1 N–H and O–H groups in total. The lowest BCUT2D eigenvalue weighted by Gasteiger charge is -2.04. The van der Waals surface area contributed by atoms with Gasteiger partial charge in [-0.25, -0.2) is 4.39 Å². The third-order valence-corrected chi connectivity index (χ3v) is 4.24. The number of fused-ring (bicyclic) bond motifs is 1. The summed E-state index contributed by atoms with van der Waals surface area (Å²) in [6.07, 6.45) is 0.708. The Labute approximate surface area is 131 Å². The number of hydrogen-bond acceptors (Lipinski definition) is 5. The molecule has 7 heteroatoms. The quantitative estimate of drug-likeness (QED) is 0.794. The van der Waals surface area contributed by atoms with Crippen LogP contribution < -0.4 is 5.32 Å². The highest BCUT2D eigenvalue weighted by molar-refractivity contribution is 7.22. The largest absolute Gasteiger partial charge is 0.333 e. The van der Waals surface area contributed by atoms with Crippen molar-refractivity contribution < 1.29 is 8.91 Å². The molecule has 1 unspecified atom stereocenters. The molecule has 0 saturated carbocycles. The van der Waals surface area contributed by atoms with E-state index in [0.29, 0.717) is 18.1 Å². The zero-order valence-corrected chi connectivity index (χ0v) is 13.2. The van der Waals surface area contributed by atoms with E-state index in [4.69, 9.17) is 4.52 Å². The molecule has 112 valence electrons. The second-order valence-corrected chi connectivity index (χ2v) is 5.79. The van der Waals surface area contributed by atoms with E-state index in [0.717, 1.165) is 15.0 Å². The van der Waals surface area contributed by atoms with Crippen LogP contribution in [0.25, 0.3) is 20.9 Å². The summed E-state index contributed by atoms with van der Waals surface area (Å²) in [5.41, 5.74) is 0. The summed E-state index contributed by atoms with van der Waals surface area (Å²) in [6, 6.07) is 6.89. The van der Waals surface area contributed by atoms with Crippen LogP contribution in [-0.4, -0.2) is 23.2 Å². The van der Waals surface area contributed by atoms with E-state index in [1.807, 2.05) is 13.1 Å². The molecule has 3 rings (SSSR count). The van der Waals surface area contributed by atoms with E-state index >= 15 is 0 Å². The van der Waals surface area contributed by atoms with Crippen molar-refractivity contribution in [3.63, 3.8) is 0 Å². The van der Waals surface area contributed by atoms with E-state index in [-0.39, 0.29) is 24.3 Å². The Morgan fingerprint density at radius 2 is 2.19 bits per heavy atom. The van der Waals surface area contributed by atoms with Gasteiger partial charge < -0.3 is 9.84 Å². The van der Waals surface area contributed by atoms with Crippen molar-refractivity contribution in [1.29, 1.82) is 0 Å². The van der Waals surface area contributed by atoms with Crippen molar-refractivity contribution in [3.8, 4) is 10.8 Å². The van der Waals surface area contributed by atoms with Crippen molar-refractivity contribution in [1.82, 2.24) is 15.5 Å². The summed E-state index contributed by atoms with van der Waals surface area (Å²) in [4.78, 5) is 5.25. The van der Waals surface area contributed by atoms with Gasteiger partial charge in [-0.15, -0.1) is 23.7 Å². The first-order chi connectivity index (χ1) is 9.65. The lowest BCUT2D eigenvalue weighted by molar-refractivity contribution is 0.419. The summed E-state index contributed by atoms with van der Waals surface area (Å²) in [5, 5.41) is 7.96. The molecular weight excluding hydrogens is 313 g/mol. The molecule has 4 nitrogen and oxygen atoms in total. The molecule has 0 radical (unpaired) electrons. The maximum atomic E-state index is 13.2. The normalized spacial score (nSPS) is 12.3. The van der Waals surface area contributed by atoms with Crippen LogP contribution >= 0.6 is 23.7 Å². The molecule has 0 aliphatic rings. The van der Waals surface area contributed by atoms with Gasteiger partial charge in [0.15, 0.2) is 5.82 Å². The molecule has 1 atom stereocenters. The Kier molecular flexibility index (Phi) is 4.92. The van der Waals surface area contributed by atoms with E-state index in [2.05, 4.69) is 22.4 Å². The van der Waals surface area contributed by atoms with Gasteiger partial charge in [-0.1, -0.05) is 5.16 Å². The van der Waals surface area contributed by atoms with Crippen LogP contribution in [0.1, 0.15) is 12.7 Å². The average molecular weight is 328 g/mol. The second-order valence-electron chi connectivity index (χ2n) is 4.70. The van der Waals surface area contributed by atoms with Gasteiger partial charge in [-0.05, 0) is 43.6 Å². The number of rotatable bonds is 4. The van der Waals surface area contributed by atoms with Gasteiger partial charge in [0.25, 0.3) is 5.89 Å². The smallest absolute Gasteiger partial charge is 0.268 e. The second kappa shape index (κ2) is 6.51. The molecule has 0 fully saturated rings. The van der Waals surface area contributed by atoms with Gasteiger partial charge in [0, 0.05) is 17.2 Å². The van der Waals surface area contributed by atoms with Crippen molar-refractivity contribution in [2.24, 2.45) is 0 Å². The number of nitrogens with one attached hydrogen (secondary N) is 1. The van der Waals surface area contributed by atoms with Crippen LogP contribution in [0.5, 0.6) is 0 Å². The number of likely N-dealkylation sites (N-methyl/N-ethyl adjacent to an activating group) is 1. The molecule has 0 bridgehead atoms. The Balaban J connectivity index is 0.00000161. The Hall–Kier alpha value is -1.50. The third kappa shape index (κ3) is 3.40. The predicted molar refractivity (Wildman–Crippen MR) is 84.5 cm³/mol. The van der Waals surface area contributed by atoms with Crippen molar-refractivity contribution in [2.75, 3.05) is 7.05 Å². The first kappa shape index (κ1) is 15.9. The molecule has 21 heavy (non-hydrogen) atoms. The monoisotopic (exact) mass is 327 g/mol. The van der Waals surface area contributed by atoms with E-state index in [1.165, 1.54) is 23.5 Å². The molecule has 0 aliphatic carbocycles. The highest BCUT2D eigenvalue weighted by Crippen LogP contribution is 2.32. The Bertz CT molecular complexity index is 743. The molecule has 0 aliphatic heterocycles. The maximum absolute atomic E-state index is 13.2.